The Morgan fingerprint density at radius 3 is 3.33 bits per heavy atom. The zero-order chi connectivity index (χ0) is 12.6. The van der Waals surface area contributed by atoms with E-state index in [0.717, 1.165) is 51.7 Å². The molecule has 1 aliphatic rings. The number of rotatable bonds is 8. The van der Waals surface area contributed by atoms with E-state index in [0.29, 0.717) is 6.10 Å². The molecule has 1 aromatic heterocycles. The van der Waals surface area contributed by atoms with Gasteiger partial charge in [0, 0.05) is 38.8 Å². The second kappa shape index (κ2) is 7.38. The van der Waals surface area contributed by atoms with Crippen LogP contribution in [0.3, 0.4) is 0 Å². The molecule has 0 aliphatic carbocycles. The van der Waals surface area contributed by atoms with Crippen molar-refractivity contribution in [1.29, 1.82) is 0 Å². The van der Waals surface area contributed by atoms with Crippen LogP contribution in [0.25, 0.3) is 0 Å². The molecule has 18 heavy (non-hydrogen) atoms. The molecular weight excluding hydrogens is 230 g/mol. The summed E-state index contributed by atoms with van der Waals surface area (Å²) in [6.45, 7) is 6.29. The molecule has 2 rings (SSSR count). The van der Waals surface area contributed by atoms with E-state index < -0.39 is 0 Å². The second-order valence-corrected chi connectivity index (χ2v) is 4.52. The van der Waals surface area contributed by atoms with Crippen LogP contribution in [0.4, 0.5) is 5.95 Å². The minimum atomic E-state index is 0.350. The highest BCUT2D eigenvalue weighted by molar-refractivity contribution is 5.25. The van der Waals surface area contributed by atoms with Crippen LogP contribution < -0.4 is 5.32 Å². The minimum absolute atomic E-state index is 0.350. The number of imidazole rings is 1. The molecule has 0 spiro atoms. The van der Waals surface area contributed by atoms with E-state index in [4.69, 9.17) is 9.47 Å². The highest BCUT2D eigenvalue weighted by atomic mass is 16.5. The van der Waals surface area contributed by atoms with E-state index >= 15 is 0 Å². The Kier molecular flexibility index (Phi) is 5.48. The topological polar surface area (TPSA) is 48.3 Å². The van der Waals surface area contributed by atoms with Gasteiger partial charge in [0.25, 0.3) is 0 Å². The van der Waals surface area contributed by atoms with Gasteiger partial charge in [0.15, 0.2) is 0 Å². The largest absolute Gasteiger partial charge is 0.382 e. The first-order valence-electron chi connectivity index (χ1n) is 6.84. The van der Waals surface area contributed by atoms with Gasteiger partial charge >= 0.3 is 0 Å². The van der Waals surface area contributed by atoms with E-state index in [-0.39, 0.29) is 0 Å². The van der Waals surface area contributed by atoms with Crippen LogP contribution in [0.1, 0.15) is 26.2 Å². The van der Waals surface area contributed by atoms with E-state index in [1.807, 2.05) is 19.3 Å². The third-order valence-electron chi connectivity index (χ3n) is 3.09. The maximum atomic E-state index is 5.64. The Bertz CT molecular complexity index is 335. The average Bonchev–Trinajstić information content (AvgIpc) is 3.02. The first-order valence-corrected chi connectivity index (χ1v) is 6.84. The fourth-order valence-electron chi connectivity index (χ4n) is 2.15. The van der Waals surface area contributed by atoms with Crippen molar-refractivity contribution in [3.63, 3.8) is 0 Å². The zero-order valence-electron chi connectivity index (χ0n) is 11.1. The molecule has 0 amide bonds. The normalized spacial score (nSPS) is 19.3. The third-order valence-corrected chi connectivity index (χ3v) is 3.09. The van der Waals surface area contributed by atoms with Gasteiger partial charge in [-0.05, 0) is 26.2 Å². The number of hydrogen-bond donors (Lipinski definition) is 1. The Labute approximate surface area is 108 Å². The second-order valence-electron chi connectivity index (χ2n) is 4.52. The molecule has 1 atom stereocenters. The van der Waals surface area contributed by atoms with Gasteiger partial charge in [-0.3, -0.25) is 0 Å². The zero-order valence-corrected chi connectivity index (χ0v) is 11.1. The van der Waals surface area contributed by atoms with Crippen LogP contribution in [-0.4, -0.2) is 42.0 Å². The molecule has 5 nitrogen and oxygen atoms in total. The molecular formula is C13H23N3O2. The lowest BCUT2D eigenvalue weighted by atomic mass is 10.2. The van der Waals surface area contributed by atoms with Crippen molar-refractivity contribution in [2.75, 3.05) is 31.7 Å². The SMILES string of the molecule is CCOCCCNc1nccn1CC1CCCO1. The van der Waals surface area contributed by atoms with Gasteiger partial charge in [0.05, 0.1) is 12.6 Å². The summed E-state index contributed by atoms with van der Waals surface area (Å²) in [7, 11) is 0. The molecule has 0 bridgehead atoms. The number of aromatic nitrogens is 2. The summed E-state index contributed by atoms with van der Waals surface area (Å²) < 4.78 is 13.1. The molecule has 0 aromatic carbocycles. The van der Waals surface area contributed by atoms with E-state index in [1.54, 1.807) is 0 Å². The summed E-state index contributed by atoms with van der Waals surface area (Å²) in [4.78, 5) is 4.33. The van der Waals surface area contributed by atoms with E-state index in [9.17, 15) is 0 Å². The van der Waals surface area contributed by atoms with Crippen LogP contribution in [0, 0.1) is 0 Å². The third kappa shape index (κ3) is 3.99. The van der Waals surface area contributed by atoms with Crippen molar-refractivity contribution >= 4 is 5.95 Å². The number of nitrogens with one attached hydrogen (secondary N) is 1. The predicted molar refractivity (Wildman–Crippen MR) is 70.8 cm³/mol. The summed E-state index contributed by atoms with van der Waals surface area (Å²) in [5.41, 5.74) is 0. The lowest BCUT2D eigenvalue weighted by Gasteiger charge is -2.13. The lowest BCUT2D eigenvalue weighted by molar-refractivity contribution is 0.0974. The van der Waals surface area contributed by atoms with Gasteiger partial charge in [0.1, 0.15) is 0 Å². The average molecular weight is 253 g/mol. The van der Waals surface area contributed by atoms with Gasteiger partial charge in [-0.25, -0.2) is 4.98 Å². The van der Waals surface area contributed by atoms with Crippen LogP contribution in [0.5, 0.6) is 0 Å². The first-order chi connectivity index (χ1) is 8.90. The first kappa shape index (κ1) is 13.4. The standard InChI is InChI=1S/C13H23N3O2/c1-2-17-9-4-6-14-13-15-7-8-16(13)11-12-5-3-10-18-12/h7-8,12H,2-6,9-11H2,1H3,(H,14,15). The van der Waals surface area contributed by atoms with Crippen molar-refractivity contribution in [3.8, 4) is 0 Å². The molecule has 0 saturated carbocycles. The summed E-state index contributed by atoms with van der Waals surface area (Å²) in [6.07, 6.45) is 7.52. The van der Waals surface area contributed by atoms with Gasteiger partial charge < -0.3 is 19.4 Å². The Hall–Kier alpha value is -1.07. The van der Waals surface area contributed by atoms with Crippen molar-refractivity contribution in [2.24, 2.45) is 0 Å². The highest BCUT2D eigenvalue weighted by Crippen LogP contribution is 2.16. The van der Waals surface area contributed by atoms with Crippen LogP contribution in [0.15, 0.2) is 12.4 Å². The van der Waals surface area contributed by atoms with Crippen LogP contribution in [-0.2, 0) is 16.0 Å². The molecule has 1 unspecified atom stereocenters. The maximum Gasteiger partial charge on any atom is 0.202 e. The molecule has 2 heterocycles. The summed E-state index contributed by atoms with van der Waals surface area (Å²) in [5, 5.41) is 3.34. The molecule has 1 aromatic rings. The Morgan fingerprint density at radius 1 is 1.61 bits per heavy atom. The Balaban J connectivity index is 1.72. The fourth-order valence-corrected chi connectivity index (χ4v) is 2.15. The smallest absolute Gasteiger partial charge is 0.202 e. The van der Waals surface area contributed by atoms with Crippen molar-refractivity contribution in [1.82, 2.24) is 9.55 Å². The molecule has 1 saturated heterocycles. The predicted octanol–water partition coefficient (Wildman–Crippen LogP) is 1.90. The van der Waals surface area contributed by atoms with E-state index in [2.05, 4.69) is 14.9 Å². The van der Waals surface area contributed by atoms with Gasteiger partial charge in [0.2, 0.25) is 5.95 Å². The van der Waals surface area contributed by atoms with Gasteiger partial charge in [-0.1, -0.05) is 0 Å². The molecule has 0 radical (unpaired) electrons. The number of anilines is 1. The summed E-state index contributed by atoms with van der Waals surface area (Å²) in [6, 6.07) is 0. The van der Waals surface area contributed by atoms with Crippen molar-refractivity contribution in [3.05, 3.63) is 12.4 Å². The van der Waals surface area contributed by atoms with Crippen molar-refractivity contribution in [2.45, 2.75) is 38.8 Å². The summed E-state index contributed by atoms with van der Waals surface area (Å²) >= 11 is 0. The summed E-state index contributed by atoms with van der Waals surface area (Å²) in [5.74, 6) is 0.932. The quantitative estimate of drug-likeness (QED) is 0.719. The van der Waals surface area contributed by atoms with Crippen molar-refractivity contribution < 1.29 is 9.47 Å². The molecule has 102 valence electrons. The van der Waals surface area contributed by atoms with Crippen LogP contribution in [0.2, 0.25) is 0 Å². The van der Waals surface area contributed by atoms with E-state index in [1.165, 1.54) is 6.42 Å². The van der Waals surface area contributed by atoms with Crippen LogP contribution >= 0.6 is 0 Å². The van der Waals surface area contributed by atoms with Gasteiger partial charge in [-0.2, -0.15) is 0 Å². The number of ether oxygens (including phenoxy) is 2. The Morgan fingerprint density at radius 2 is 2.56 bits per heavy atom. The minimum Gasteiger partial charge on any atom is -0.382 e. The molecule has 5 heteroatoms. The number of nitrogens with zero attached hydrogens (tertiary/aromatic N) is 2. The highest BCUT2D eigenvalue weighted by Gasteiger charge is 2.17. The molecule has 1 aliphatic heterocycles. The molecule has 1 fully saturated rings. The van der Waals surface area contributed by atoms with Gasteiger partial charge in [-0.15, -0.1) is 0 Å². The maximum absolute atomic E-state index is 5.64. The molecule has 1 N–H and O–H groups in total. The lowest BCUT2D eigenvalue weighted by Crippen LogP contribution is -2.17. The fraction of sp³-hybridized carbons (Fsp3) is 0.769. The number of hydrogen-bond acceptors (Lipinski definition) is 4. The monoisotopic (exact) mass is 253 g/mol.